The van der Waals surface area contributed by atoms with E-state index in [1.807, 2.05) is 13.8 Å². The molecule has 0 aliphatic heterocycles. The number of hydrogen-bond donors (Lipinski definition) is 1. The van der Waals surface area contributed by atoms with Crippen LogP contribution in [0.5, 0.6) is 0 Å². The van der Waals surface area contributed by atoms with Gasteiger partial charge in [0.2, 0.25) is 0 Å². The molecule has 0 aliphatic carbocycles. The van der Waals surface area contributed by atoms with Crippen LogP contribution < -0.4 is 5.32 Å². The molecular formula is C19H23ClN2O4. The van der Waals surface area contributed by atoms with Gasteiger partial charge in [0.05, 0.1) is 12.5 Å². The number of carbonyl (C=O) groups excluding carboxylic acids is 3. The third-order valence-electron chi connectivity index (χ3n) is 4.17. The van der Waals surface area contributed by atoms with E-state index in [9.17, 15) is 19.6 Å². The topological polar surface area (TPSA) is 96.3 Å². The number of hydrogen-bond acceptors (Lipinski definition) is 5. The summed E-state index contributed by atoms with van der Waals surface area (Å²) in [4.78, 5) is 36.0. The lowest BCUT2D eigenvalue weighted by Crippen LogP contribution is -2.52. The molecule has 0 fully saturated rings. The summed E-state index contributed by atoms with van der Waals surface area (Å²) in [6.45, 7) is 6.65. The monoisotopic (exact) mass is 378 g/mol. The van der Waals surface area contributed by atoms with Gasteiger partial charge < -0.3 is 10.1 Å². The highest BCUT2D eigenvalue weighted by atomic mass is 35.5. The van der Waals surface area contributed by atoms with E-state index in [-0.39, 0.29) is 24.5 Å². The Kier molecular flexibility index (Phi) is 7.78. The molecule has 0 saturated heterocycles. The summed E-state index contributed by atoms with van der Waals surface area (Å²) in [7, 11) is 0. The number of ether oxygens (including phenoxy) is 1. The average molecular weight is 379 g/mol. The van der Waals surface area contributed by atoms with Gasteiger partial charge in [-0.05, 0) is 44.0 Å². The number of Topliss-reactive ketones (excluding diaryl/α,β-unsaturated/α-hetero) is 1. The lowest BCUT2D eigenvalue weighted by molar-refractivity contribution is -0.155. The Morgan fingerprint density at radius 2 is 1.77 bits per heavy atom. The Hall–Kier alpha value is -2.39. The number of nitriles is 1. The van der Waals surface area contributed by atoms with Crippen LogP contribution in [0, 0.1) is 17.2 Å². The number of nitrogens with one attached hydrogen (secondary N) is 1. The quantitative estimate of drug-likeness (QED) is 0.553. The van der Waals surface area contributed by atoms with E-state index < -0.39 is 23.5 Å². The van der Waals surface area contributed by atoms with Gasteiger partial charge in [0, 0.05) is 17.0 Å². The first-order valence-electron chi connectivity index (χ1n) is 8.30. The lowest BCUT2D eigenvalue weighted by Gasteiger charge is -2.28. The highest BCUT2D eigenvalue weighted by molar-refractivity contribution is 6.30. The largest absolute Gasteiger partial charge is 0.453 e. The molecule has 0 heterocycles. The standard InChI is InChI=1S/C19H23ClN2O4/c1-12(2)19(4,11-21)22-18(25)13(3)26-17(24)10-9-16(23)14-5-7-15(20)8-6-14/h5-8,12-13H,9-10H2,1-4H3,(H,22,25)/t13-,19+/m0/s1. The smallest absolute Gasteiger partial charge is 0.307 e. The first-order valence-corrected chi connectivity index (χ1v) is 8.68. The second-order valence-electron chi connectivity index (χ2n) is 6.52. The van der Waals surface area contributed by atoms with Gasteiger partial charge in [0.15, 0.2) is 11.9 Å². The molecule has 1 N–H and O–H groups in total. The molecule has 0 aromatic heterocycles. The molecule has 0 spiro atoms. The van der Waals surface area contributed by atoms with Gasteiger partial charge in [-0.25, -0.2) is 0 Å². The van der Waals surface area contributed by atoms with Gasteiger partial charge in [-0.3, -0.25) is 14.4 Å². The third-order valence-corrected chi connectivity index (χ3v) is 4.42. The SMILES string of the molecule is CC(C)[C@@](C)(C#N)NC(=O)[C@H](C)OC(=O)CCC(=O)c1ccc(Cl)cc1. The summed E-state index contributed by atoms with van der Waals surface area (Å²) >= 11 is 5.76. The summed E-state index contributed by atoms with van der Waals surface area (Å²) in [5, 5.41) is 12.3. The maximum atomic E-state index is 12.1. The summed E-state index contributed by atoms with van der Waals surface area (Å²) in [5.74, 6) is -1.54. The van der Waals surface area contributed by atoms with Crippen LogP contribution in [0.4, 0.5) is 0 Å². The minimum atomic E-state index is -1.06. The van der Waals surface area contributed by atoms with Crippen molar-refractivity contribution in [2.75, 3.05) is 0 Å². The minimum absolute atomic E-state index is 0.0310. The van der Waals surface area contributed by atoms with Gasteiger partial charge in [-0.15, -0.1) is 0 Å². The van der Waals surface area contributed by atoms with Crippen molar-refractivity contribution < 1.29 is 19.1 Å². The number of benzene rings is 1. The molecule has 1 amide bonds. The molecule has 140 valence electrons. The van der Waals surface area contributed by atoms with Crippen molar-refractivity contribution in [2.24, 2.45) is 5.92 Å². The van der Waals surface area contributed by atoms with Gasteiger partial charge >= 0.3 is 5.97 Å². The molecule has 6 nitrogen and oxygen atoms in total. The van der Waals surface area contributed by atoms with Crippen molar-refractivity contribution in [2.45, 2.75) is 52.2 Å². The highest BCUT2D eigenvalue weighted by Gasteiger charge is 2.32. The number of carbonyl (C=O) groups is 3. The van der Waals surface area contributed by atoms with Crippen molar-refractivity contribution in [3.8, 4) is 6.07 Å². The van der Waals surface area contributed by atoms with E-state index in [1.165, 1.54) is 6.92 Å². The molecule has 0 radical (unpaired) electrons. The van der Waals surface area contributed by atoms with Crippen molar-refractivity contribution in [3.63, 3.8) is 0 Å². The molecule has 0 aliphatic rings. The van der Waals surface area contributed by atoms with Crippen LogP contribution in [-0.4, -0.2) is 29.3 Å². The van der Waals surface area contributed by atoms with E-state index in [0.717, 1.165) is 0 Å². The molecule has 2 atom stereocenters. The van der Waals surface area contributed by atoms with Crippen LogP contribution >= 0.6 is 11.6 Å². The Morgan fingerprint density at radius 1 is 1.19 bits per heavy atom. The fourth-order valence-corrected chi connectivity index (χ4v) is 2.09. The van der Waals surface area contributed by atoms with Crippen LogP contribution in [0.15, 0.2) is 24.3 Å². The van der Waals surface area contributed by atoms with Crippen LogP contribution in [0.25, 0.3) is 0 Å². The number of esters is 1. The van der Waals surface area contributed by atoms with Gasteiger partial charge in [-0.2, -0.15) is 5.26 Å². The first-order chi connectivity index (χ1) is 12.1. The van der Waals surface area contributed by atoms with Crippen molar-refractivity contribution in [1.82, 2.24) is 5.32 Å². The Bertz CT molecular complexity index is 709. The van der Waals surface area contributed by atoms with Crippen molar-refractivity contribution in [3.05, 3.63) is 34.9 Å². The van der Waals surface area contributed by atoms with Crippen LogP contribution in [0.3, 0.4) is 0 Å². The molecular weight excluding hydrogens is 356 g/mol. The number of amides is 1. The molecule has 0 bridgehead atoms. The number of nitrogens with zero attached hydrogens (tertiary/aromatic N) is 1. The minimum Gasteiger partial charge on any atom is -0.453 e. The van der Waals surface area contributed by atoms with Crippen LogP contribution in [0.2, 0.25) is 5.02 Å². The van der Waals surface area contributed by atoms with Gasteiger partial charge in [0.1, 0.15) is 5.54 Å². The zero-order chi connectivity index (χ0) is 19.9. The molecule has 0 unspecified atom stereocenters. The predicted octanol–water partition coefficient (Wildman–Crippen LogP) is 3.29. The highest BCUT2D eigenvalue weighted by Crippen LogP contribution is 2.16. The fourth-order valence-electron chi connectivity index (χ4n) is 1.96. The van der Waals surface area contributed by atoms with E-state index in [1.54, 1.807) is 31.2 Å². The predicted molar refractivity (Wildman–Crippen MR) is 97.6 cm³/mol. The number of halogens is 1. The van der Waals surface area contributed by atoms with Gasteiger partial charge in [-0.1, -0.05) is 25.4 Å². The molecule has 7 heteroatoms. The average Bonchev–Trinajstić information content (AvgIpc) is 2.59. The fraction of sp³-hybridized carbons (Fsp3) is 0.474. The Labute approximate surface area is 158 Å². The number of rotatable bonds is 8. The maximum Gasteiger partial charge on any atom is 0.307 e. The van der Waals surface area contributed by atoms with Crippen molar-refractivity contribution in [1.29, 1.82) is 5.26 Å². The van der Waals surface area contributed by atoms with Crippen LogP contribution in [0.1, 0.15) is 50.9 Å². The summed E-state index contributed by atoms with van der Waals surface area (Å²) in [6, 6.07) is 8.42. The molecule has 26 heavy (non-hydrogen) atoms. The van der Waals surface area contributed by atoms with Gasteiger partial charge in [0.25, 0.3) is 5.91 Å². The second-order valence-corrected chi connectivity index (χ2v) is 6.96. The third kappa shape index (κ3) is 6.16. The number of ketones is 1. The molecule has 1 rings (SSSR count). The normalized spacial score (nSPS) is 14.0. The summed E-state index contributed by atoms with van der Waals surface area (Å²) < 4.78 is 5.05. The molecule has 1 aromatic rings. The first kappa shape index (κ1) is 21.7. The second kappa shape index (κ2) is 9.35. The van der Waals surface area contributed by atoms with E-state index in [4.69, 9.17) is 16.3 Å². The zero-order valence-electron chi connectivity index (χ0n) is 15.3. The summed E-state index contributed by atoms with van der Waals surface area (Å²) in [6.07, 6.45) is -1.23. The van der Waals surface area contributed by atoms with E-state index in [0.29, 0.717) is 10.6 Å². The van der Waals surface area contributed by atoms with Crippen molar-refractivity contribution >= 4 is 29.3 Å². The molecule has 0 saturated carbocycles. The Morgan fingerprint density at radius 3 is 2.27 bits per heavy atom. The molecule has 1 aromatic carbocycles. The Balaban J connectivity index is 2.51. The van der Waals surface area contributed by atoms with E-state index >= 15 is 0 Å². The maximum absolute atomic E-state index is 12.1. The van der Waals surface area contributed by atoms with Crippen LogP contribution in [-0.2, 0) is 14.3 Å². The van der Waals surface area contributed by atoms with E-state index in [2.05, 4.69) is 11.4 Å². The lowest BCUT2D eigenvalue weighted by atomic mass is 9.90. The summed E-state index contributed by atoms with van der Waals surface area (Å²) in [5.41, 5.74) is -0.600. The zero-order valence-corrected chi connectivity index (χ0v) is 16.1.